The number of hydrogen-bond donors (Lipinski definition) is 1. The lowest BCUT2D eigenvalue weighted by molar-refractivity contribution is -0.123. The number of nitrogens with one attached hydrogen (secondary N) is 1. The molecule has 2 aromatic heterocycles. The topological polar surface area (TPSA) is 83.5 Å². The summed E-state index contributed by atoms with van der Waals surface area (Å²) >= 11 is 1.42. The molecule has 9 heteroatoms. The molecule has 1 aliphatic rings. The first-order chi connectivity index (χ1) is 12.9. The van der Waals surface area contributed by atoms with Crippen molar-refractivity contribution in [2.45, 2.75) is 27.4 Å². The average Bonchev–Trinajstić information content (AvgIpc) is 3.11. The molecule has 0 aromatic carbocycles. The second-order valence-corrected chi connectivity index (χ2v) is 8.24. The normalized spacial score (nSPS) is 15.1. The molecule has 1 fully saturated rings. The number of piperazine rings is 1. The van der Waals surface area contributed by atoms with Gasteiger partial charge < -0.3 is 19.9 Å². The molecule has 0 spiro atoms. The van der Waals surface area contributed by atoms with Crippen molar-refractivity contribution in [1.82, 2.24) is 14.3 Å². The van der Waals surface area contributed by atoms with Crippen LogP contribution in [0, 0.1) is 5.41 Å². The quantitative estimate of drug-likeness (QED) is 0.839. The summed E-state index contributed by atoms with van der Waals surface area (Å²) in [5, 5.41) is 3.80. The van der Waals surface area contributed by atoms with Gasteiger partial charge >= 0.3 is 0 Å². The Morgan fingerprint density at radius 3 is 2.52 bits per heavy atom. The maximum Gasteiger partial charge on any atom is 0.230 e. The maximum atomic E-state index is 12.0. The van der Waals surface area contributed by atoms with E-state index < -0.39 is 5.41 Å². The second kappa shape index (κ2) is 8.18. The highest BCUT2D eigenvalue weighted by molar-refractivity contribution is 7.09. The van der Waals surface area contributed by atoms with Gasteiger partial charge in [-0.1, -0.05) is 20.8 Å². The van der Waals surface area contributed by atoms with Gasteiger partial charge in [-0.25, -0.2) is 9.97 Å². The summed E-state index contributed by atoms with van der Waals surface area (Å²) < 4.78 is 9.39. The van der Waals surface area contributed by atoms with Gasteiger partial charge in [0.25, 0.3) is 0 Å². The van der Waals surface area contributed by atoms with Gasteiger partial charge in [-0.05, 0) is 12.1 Å². The average molecular weight is 391 g/mol. The number of hydrogen-bond acceptors (Lipinski definition) is 8. The van der Waals surface area contributed by atoms with Crippen LogP contribution in [0.1, 0.15) is 26.6 Å². The van der Waals surface area contributed by atoms with Gasteiger partial charge in [0.2, 0.25) is 11.0 Å². The van der Waals surface area contributed by atoms with E-state index in [-0.39, 0.29) is 5.91 Å². The second-order valence-electron chi connectivity index (χ2n) is 7.51. The molecule has 1 aliphatic heterocycles. The molecule has 146 valence electrons. The van der Waals surface area contributed by atoms with Gasteiger partial charge in [0, 0.05) is 50.2 Å². The van der Waals surface area contributed by atoms with E-state index >= 15 is 0 Å². The molecule has 1 saturated heterocycles. The van der Waals surface area contributed by atoms with E-state index in [1.807, 2.05) is 39.1 Å². The van der Waals surface area contributed by atoms with Gasteiger partial charge in [0.15, 0.2) is 5.82 Å². The first kappa shape index (κ1) is 19.5. The molecule has 0 unspecified atom stereocenters. The Labute approximate surface area is 163 Å². The van der Waals surface area contributed by atoms with Crippen LogP contribution in [-0.2, 0) is 16.1 Å². The molecule has 0 atom stereocenters. The monoisotopic (exact) mass is 390 g/mol. The van der Waals surface area contributed by atoms with Crippen LogP contribution in [0.3, 0.4) is 0 Å². The number of nitrogens with zero attached hydrogens (tertiary/aromatic N) is 5. The van der Waals surface area contributed by atoms with Crippen LogP contribution < -0.4 is 15.1 Å². The third kappa shape index (κ3) is 4.92. The summed E-state index contributed by atoms with van der Waals surface area (Å²) in [5.74, 6) is 1.27. The largest absolute Gasteiger partial charge is 0.377 e. The highest BCUT2D eigenvalue weighted by Gasteiger charge is 2.23. The molecule has 0 aliphatic carbocycles. The molecule has 0 saturated carbocycles. The zero-order valence-electron chi connectivity index (χ0n) is 16.2. The van der Waals surface area contributed by atoms with Crippen molar-refractivity contribution in [1.29, 1.82) is 0 Å². The van der Waals surface area contributed by atoms with E-state index in [1.165, 1.54) is 11.5 Å². The molecule has 0 bridgehead atoms. The van der Waals surface area contributed by atoms with E-state index in [0.29, 0.717) is 12.4 Å². The molecule has 1 amide bonds. The molecule has 1 N–H and O–H groups in total. The molecule has 2 aromatic rings. The zero-order chi connectivity index (χ0) is 19.4. The SMILES string of the molecule is COCc1nsc(N2CCN(c3ccc(NC(=O)C(C)(C)C)nc3)CC2)n1. The number of rotatable bonds is 5. The van der Waals surface area contributed by atoms with E-state index in [1.54, 1.807) is 7.11 Å². The predicted octanol–water partition coefficient (Wildman–Crippen LogP) is 2.39. The third-order valence-corrected chi connectivity index (χ3v) is 5.13. The van der Waals surface area contributed by atoms with Crippen LogP contribution >= 0.6 is 11.5 Å². The fraction of sp³-hybridized carbons (Fsp3) is 0.556. The Balaban J connectivity index is 1.55. The van der Waals surface area contributed by atoms with Crippen molar-refractivity contribution >= 4 is 34.1 Å². The number of ether oxygens (including phenoxy) is 1. The fourth-order valence-corrected chi connectivity index (χ4v) is 3.39. The zero-order valence-corrected chi connectivity index (χ0v) is 17.0. The van der Waals surface area contributed by atoms with Gasteiger partial charge in [-0.3, -0.25) is 4.79 Å². The molecule has 8 nitrogen and oxygen atoms in total. The van der Waals surface area contributed by atoms with Gasteiger partial charge in [-0.2, -0.15) is 4.37 Å². The van der Waals surface area contributed by atoms with Crippen molar-refractivity contribution in [3.63, 3.8) is 0 Å². The Hall–Kier alpha value is -2.26. The third-order valence-electron chi connectivity index (χ3n) is 4.32. The molecular weight excluding hydrogens is 364 g/mol. The fourth-order valence-electron chi connectivity index (χ4n) is 2.67. The van der Waals surface area contributed by atoms with Crippen molar-refractivity contribution in [3.05, 3.63) is 24.2 Å². The van der Waals surface area contributed by atoms with Crippen LogP contribution in [0.15, 0.2) is 18.3 Å². The van der Waals surface area contributed by atoms with Gasteiger partial charge in [0.1, 0.15) is 12.4 Å². The summed E-state index contributed by atoms with van der Waals surface area (Å²) in [6.07, 6.45) is 1.82. The molecular formula is C18H26N6O2S. The Morgan fingerprint density at radius 1 is 1.22 bits per heavy atom. The van der Waals surface area contributed by atoms with Gasteiger partial charge in [0.05, 0.1) is 11.9 Å². The number of anilines is 3. The number of methoxy groups -OCH3 is 1. The lowest BCUT2D eigenvalue weighted by Crippen LogP contribution is -2.46. The minimum Gasteiger partial charge on any atom is -0.377 e. The Bertz CT molecular complexity index is 763. The van der Waals surface area contributed by atoms with Crippen LogP contribution in [0.2, 0.25) is 0 Å². The van der Waals surface area contributed by atoms with Crippen LogP contribution in [0.25, 0.3) is 0 Å². The van der Waals surface area contributed by atoms with Crippen molar-refractivity contribution in [2.75, 3.05) is 48.4 Å². The van der Waals surface area contributed by atoms with Crippen molar-refractivity contribution < 1.29 is 9.53 Å². The van der Waals surface area contributed by atoms with Crippen molar-refractivity contribution in [3.8, 4) is 0 Å². The first-order valence-corrected chi connectivity index (χ1v) is 9.73. The lowest BCUT2D eigenvalue weighted by Gasteiger charge is -2.35. The first-order valence-electron chi connectivity index (χ1n) is 8.96. The summed E-state index contributed by atoms with van der Waals surface area (Å²) in [6, 6.07) is 3.86. The lowest BCUT2D eigenvalue weighted by atomic mass is 9.96. The summed E-state index contributed by atoms with van der Waals surface area (Å²) in [7, 11) is 1.65. The minimum absolute atomic E-state index is 0.0405. The van der Waals surface area contributed by atoms with Gasteiger partial charge in [-0.15, -0.1) is 0 Å². The van der Waals surface area contributed by atoms with Crippen LogP contribution in [0.5, 0.6) is 0 Å². The highest BCUT2D eigenvalue weighted by Crippen LogP contribution is 2.23. The summed E-state index contributed by atoms with van der Waals surface area (Å²) in [6.45, 7) is 9.61. The van der Waals surface area contributed by atoms with E-state index in [9.17, 15) is 4.79 Å². The minimum atomic E-state index is -0.440. The van der Waals surface area contributed by atoms with E-state index in [4.69, 9.17) is 4.74 Å². The Kier molecular flexibility index (Phi) is 5.91. The molecule has 3 heterocycles. The van der Waals surface area contributed by atoms with E-state index in [2.05, 4.69) is 29.5 Å². The standard InChI is InChI=1S/C18H26N6O2S/c1-18(2,3)16(25)20-14-6-5-13(11-19-14)23-7-9-24(10-8-23)17-21-15(12-26-4)22-27-17/h5-6,11H,7-10,12H2,1-4H3,(H,19,20,25). The number of carbonyl (C=O) groups is 1. The molecule has 3 rings (SSSR count). The van der Waals surface area contributed by atoms with Crippen LogP contribution in [-0.4, -0.2) is 53.5 Å². The molecule has 27 heavy (non-hydrogen) atoms. The number of amides is 1. The Morgan fingerprint density at radius 2 is 1.93 bits per heavy atom. The maximum absolute atomic E-state index is 12.0. The predicted molar refractivity (Wildman–Crippen MR) is 107 cm³/mol. The van der Waals surface area contributed by atoms with Crippen LogP contribution in [0.4, 0.5) is 16.6 Å². The van der Waals surface area contributed by atoms with Crippen molar-refractivity contribution in [2.24, 2.45) is 5.41 Å². The number of carbonyl (C=O) groups excluding carboxylic acids is 1. The highest BCUT2D eigenvalue weighted by atomic mass is 32.1. The number of pyridine rings is 1. The smallest absolute Gasteiger partial charge is 0.230 e. The van der Waals surface area contributed by atoms with E-state index in [0.717, 1.165) is 42.8 Å². The summed E-state index contributed by atoms with van der Waals surface area (Å²) in [5.41, 5.74) is 0.616. The molecule has 0 radical (unpaired) electrons. The number of aromatic nitrogens is 3. The summed E-state index contributed by atoms with van der Waals surface area (Å²) in [4.78, 5) is 25.5.